The van der Waals surface area contributed by atoms with Crippen molar-refractivity contribution in [3.8, 4) is 0 Å². The zero-order chi connectivity index (χ0) is 15.5. The highest BCUT2D eigenvalue weighted by Gasteiger charge is 2.12. The fourth-order valence-corrected chi connectivity index (χ4v) is 4.16. The van der Waals surface area contributed by atoms with Crippen LogP contribution < -0.4 is 0 Å². The molecule has 0 N–H and O–H groups in total. The summed E-state index contributed by atoms with van der Waals surface area (Å²) < 4.78 is 37.7. The summed E-state index contributed by atoms with van der Waals surface area (Å²) in [5.41, 5.74) is 0.717. The van der Waals surface area contributed by atoms with E-state index in [0.29, 0.717) is 6.42 Å². The molecule has 0 aliphatic carbocycles. The molecule has 0 saturated heterocycles. The minimum absolute atomic E-state index is 0.505. The van der Waals surface area contributed by atoms with Gasteiger partial charge in [0.1, 0.15) is 11.6 Å². The Bertz CT molecular complexity index is 374. The van der Waals surface area contributed by atoms with Crippen molar-refractivity contribution in [3.63, 3.8) is 0 Å². The second-order valence-electron chi connectivity index (χ2n) is 5.19. The average Bonchev–Trinajstić information content (AvgIpc) is 2.44. The molecule has 2 nitrogen and oxygen atoms in total. The second-order valence-corrected chi connectivity index (χ2v) is 7.30. The third-order valence-electron chi connectivity index (χ3n) is 3.09. The molecule has 0 amide bonds. The molecule has 0 aliphatic rings. The van der Waals surface area contributed by atoms with Crippen molar-refractivity contribution in [1.82, 2.24) is 0 Å². The van der Waals surface area contributed by atoms with Gasteiger partial charge in [-0.15, -0.1) is 0 Å². The Labute approximate surface area is 128 Å². The molecule has 21 heavy (non-hydrogen) atoms. The van der Waals surface area contributed by atoms with Gasteiger partial charge in [-0.05, 0) is 49.4 Å². The van der Waals surface area contributed by atoms with Gasteiger partial charge in [0, 0.05) is 19.3 Å². The van der Waals surface area contributed by atoms with Gasteiger partial charge in [-0.1, -0.05) is 20.3 Å². The summed E-state index contributed by atoms with van der Waals surface area (Å²) in [4.78, 5) is 0. The van der Waals surface area contributed by atoms with Gasteiger partial charge in [0.15, 0.2) is 0 Å². The maximum atomic E-state index is 13.1. The standard InChI is InChI=1S/C16H26F2O2Si/c1-3-8-19-21(20-9-4-2)10-6-5-7-14-11-15(17)13-16(18)12-14/h11-13,21H,3-10H2,1-2H3. The number of hydrogen-bond donors (Lipinski definition) is 0. The zero-order valence-corrected chi connectivity index (χ0v) is 14.2. The van der Waals surface area contributed by atoms with E-state index in [9.17, 15) is 8.78 Å². The summed E-state index contributed by atoms with van der Waals surface area (Å²) in [7, 11) is -1.56. The molecule has 1 aromatic carbocycles. The van der Waals surface area contributed by atoms with E-state index in [4.69, 9.17) is 8.85 Å². The normalized spacial score (nSPS) is 11.3. The lowest BCUT2D eigenvalue weighted by Crippen LogP contribution is -2.23. The minimum Gasteiger partial charge on any atom is -0.397 e. The number of unbranched alkanes of at least 4 members (excludes halogenated alkanes) is 1. The molecule has 0 saturated carbocycles. The van der Waals surface area contributed by atoms with E-state index in [2.05, 4.69) is 13.8 Å². The summed E-state index contributed by atoms with van der Waals surface area (Å²) in [6, 6.07) is 4.67. The first-order chi connectivity index (χ1) is 10.2. The first kappa shape index (κ1) is 18.3. The van der Waals surface area contributed by atoms with Crippen LogP contribution in [0.4, 0.5) is 8.78 Å². The first-order valence-electron chi connectivity index (χ1n) is 7.83. The predicted octanol–water partition coefficient (Wildman–Crippen LogP) is 4.36. The van der Waals surface area contributed by atoms with E-state index >= 15 is 0 Å². The molecule has 1 rings (SSSR count). The number of hydrogen-bond acceptors (Lipinski definition) is 2. The van der Waals surface area contributed by atoms with Gasteiger partial charge >= 0.3 is 9.28 Å². The van der Waals surface area contributed by atoms with Gasteiger partial charge in [-0.25, -0.2) is 8.78 Å². The third kappa shape index (κ3) is 8.29. The van der Waals surface area contributed by atoms with E-state index < -0.39 is 20.9 Å². The summed E-state index contributed by atoms with van der Waals surface area (Å²) >= 11 is 0. The molecule has 5 heteroatoms. The van der Waals surface area contributed by atoms with E-state index in [1.807, 2.05) is 0 Å². The molecule has 0 aliphatic heterocycles. The number of aryl methyl sites for hydroxylation is 1. The maximum absolute atomic E-state index is 13.1. The summed E-state index contributed by atoms with van der Waals surface area (Å²) in [5.74, 6) is -1.01. The van der Waals surface area contributed by atoms with Crippen LogP contribution in [0.1, 0.15) is 45.1 Å². The Balaban J connectivity index is 2.28. The monoisotopic (exact) mass is 316 g/mol. The fourth-order valence-electron chi connectivity index (χ4n) is 2.11. The minimum atomic E-state index is -1.56. The van der Waals surface area contributed by atoms with Crippen LogP contribution in [-0.4, -0.2) is 22.5 Å². The highest BCUT2D eigenvalue weighted by Crippen LogP contribution is 2.13. The SMILES string of the molecule is CCCO[SiH](CCCCc1cc(F)cc(F)c1)OCCC. The highest BCUT2D eigenvalue weighted by molar-refractivity contribution is 6.44. The van der Waals surface area contributed by atoms with Gasteiger partial charge in [-0.2, -0.15) is 0 Å². The molecule has 0 bridgehead atoms. The van der Waals surface area contributed by atoms with Crippen LogP contribution in [0.2, 0.25) is 6.04 Å². The van der Waals surface area contributed by atoms with E-state index in [1.54, 1.807) is 0 Å². The summed E-state index contributed by atoms with van der Waals surface area (Å²) in [6.07, 6.45) is 4.57. The Morgan fingerprint density at radius 1 is 0.905 bits per heavy atom. The van der Waals surface area contributed by atoms with Crippen LogP contribution in [0.3, 0.4) is 0 Å². The maximum Gasteiger partial charge on any atom is 0.321 e. The van der Waals surface area contributed by atoms with Gasteiger partial charge in [0.25, 0.3) is 0 Å². The van der Waals surface area contributed by atoms with Gasteiger partial charge in [0.2, 0.25) is 0 Å². The molecule has 0 atom stereocenters. The fraction of sp³-hybridized carbons (Fsp3) is 0.625. The van der Waals surface area contributed by atoms with E-state index in [-0.39, 0.29) is 0 Å². The number of benzene rings is 1. The van der Waals surface area contributed by atoms with Crippen molar-refractivity contribution in [1.29, 1.82) is 0 Å². The Kier molecular flexibility index (Phi) is 9.46. The van der Waals surface area contributed by atoms with Gasteiger partial charge in [0.05, 0.1) is 0 Å². The number of rotatable bonds is 11. The average molecular weight is 316 g/mol. The molecule has 1 aromatic rings. The molecule has 0 heterocycles. The van der Waals surface area contributed by atoms with Crippen LogP contribution in [0.15, 0.2) is 18.2 Å². The topological polar surface area (TPSA) is 18.5 Å². The van der Waals surface area contributed by atoms with Crippen LogP contribution in [0.25, 0.3) is 0 Å². The Morgan fingerprint density at radius 2 is 1.48 bits per heavy atom. The molecule has 0 unspecified atom stereocenters. The first-order valence-corrected chi connectivity index (χ1v) is 9.59. The van der Waals surface area contributed by atoms with Crippen LogP contribution >= 0.6 is 0 Å². The number of halogens is 2. The third-order valence-corrected chi connectivity index (χ3v) is 5.19. The van der Waals surface area contributed by atoms with Crippen molar-refractivity contribution in [2.75, 3.05) is 13.2 Å². The lowest BCUT2D eigenvalue weighted by atomic mass is 10.1. The lowest BCUT2D eigenvalue weighted by Gasteiger charge is -2.16. The predicted molar refractivity (Wildman–Crippen MR) is 83.7 cm³/mol. The van der Waals surface area contributed by atoms with E-state index in [1.165, 1.54) is 12.1 Å². The van der Waals surface area contributed by atoms with Gasteiger partial charge < -0.3 is 8.85 Å². The Morgan fingerprint density at radius 3 is 2.00 bits per heavy atom. The molecular weight excluding hydrogens is 290 g/mol. The van der Waals surface area contributed by atoms with E-state index in [0.717, 1.165) is 56.6 Å². The quantitative estimate of drug-likeness (QED) is 0.446. The molecule has 0 spiro atoms. The van der Waals surface area contributed by atoms with Crippen LogP contribution in [0, 0.1) is 11.6 Å². The van der Waals surface area contributed by atoms with Gasteiger partial charge in [-0.3, -0.25) is 0 Å². The highest BCUT2D eigenvalue weighted by atomic mass is 28.3. The van der Waals surface area contributed by atoms with Crippen molar-refractivity contribution in [3.05, 3.63) is 35.4 Å². The largest absolute Gasteiger partial charge is 0.397 e. The zero-order valence-electron chi connectivity index (χ0n) is 13.0. The smallest absolute Gasteiger partial charge is 0.321 e. The molecule has 0 fully saturated rings. The summed E-state index contributed by atoms with van der Waals surface area (Å²) in [5, 5.41) is 0. The molecular formula is C16H26F2O2Si. The lowest BCUT2D eigenvalue weighted by molar-refractivity contribution is 0.195. The summed E-state index contributed by atoms with van der Waals surface area (Å²) in [6.45, 7) is 5.69. The van der Waals surface area contributed by atoms with Crippen molar-refractivity contribution >= 4 is 9.28 Å². The Hall–Kier alpha value is -0.783. The van der Waals surface area contributed by atoms with Crippen LogP contribution in [-0.2, 0) is 15.3 Å². The molecule has 0 aromatic heterocycles. The van der Waals surface area contributed by atoms with Crippen molar-refractivity contribution in [2.24, 2.45) is 0 Å². The molecule has 0 radical (unpaired) electrons. The second kappa shape index (κ2) is 10.9. The van der Waals surface area contributed by atoms with Crippen molar-refractivity contribution in [2.45, 2.75) is 52.0 Å². The molecule has 120 valence electrons. The van der Waals surface area contributed by atoms with Crippen LogP contribution in [0.5, 0.6) is 0 Å². The van der Waals surface area contributed by atoms with Crippen molar-refractivity contribution < 1.29 is 17.6 Å².